The van der Waals surface area contributed by atoms with Gasteiger partial charge < -0.3 is 5.32 Å². The Balaban J connectivity index is 1.34. The van der Waals surface area contributed by atoms with Gasteiger partial charge in [-0.15, -0.1) is 23.1 Å². The second-order valence-electron chi connectivity index (χ2n) is 7.72. The molecule has 1 aromatic carbocycles. The van der Waals surface area contributed by atoms with Crippen molar-refractivity contribution in [3.63, 3.8) is 0 Å². The van der Waals surface area contributed by atoms with Gasteiger partial charge in [-0.2, -0.15) is 5.26 Å². The molecule has 0 fully saturated rings. The Labute approximate surface area is 205 Å². The minimum atomic E-state index is -0.127. The highest BCUT2D eigenvalue weighted by Crippen LogP contribution is 2.31. The molecule has 1 atom stereocenters. The number of rotatable bonds is 6. The van der Waals surface area contributed by atoms with Crippen molar-refractivity contribution in [2.75, 3.05) is 11.1 Å². The quantitative estimate of drug-likeness (QED) is 0.382. The number of anilines is 1. The summed E-state index contributed by atoms with van der Waals surface area (Å²) in [6, 6.07) is 9.54. The number of hydrogen-bond acceptors (Lipinski definition) is 6. The molecule has 164 valence electrons. The van der Waals surface area contributed by atoms with Crippen LogP contribution in [0, 0.1) is 17.2 Å². The summed E-state index contributed by atoms with van der Waals surface area (Å²) in [6.07, 6.45) is 3.34. The number of nitriles is 1. The zero-order valence-corrected chi connectivity index (χ0v) is 20.5. The van der Waals surface area contributed by atoms with Crippen molar-refractivity contribution in [3.8, 4) is 17.3 Å². The van der Waals surface area contributed by atoms with Gasteiger partial charge in [0, 0.05) is 28.8 Å². The molecule has 0 spiro atoms. The molecule has 0 saturated carbocycles. The van der Waals surface area contributed by atoms with E-state index in [2.05, 4.69) is 23.3 Å². The van der Waals surface area contributed by atoms with Crippen LogP contribution in [0.25, 0.3) is 11.3 Å². The number of nitrogens with one attached hydrogen (secondary N) is 1. The number of thioether (sulfide) groups is 1. The maximum Gasteiger partial charge on any atom is 0.226 e. The van der Waals surface area contributed by atoms with Crippen molar-refractivity contribution in [1.82, 2.24) is 9.97 Å². The van der Waals surface area contributed by atoms with E-state index in [0.29, 0.717) is 43.9 Å². The number of pyridine rings is 1. The Bertz CT molecular complexity index is 1210. The van der Waals surface area contributed by atoms with Gasteiger partial charge in [-0.25, -0.2) is 9.97 Å². The van der Waals surface area contributed by atoms with Crippen LogP contribution >= 0.6 is 46.3 Å². The van der Waals surface area contributed by atoms with Crippen LogP contribution in [-0.2, 0) is 17.6 Å². The summed E-state index contributed by atoms with van der Waals surface area (Å²) in [5, 5.41) is 16.4. The summed E-state index contributed by atoms with van der Waals surface area (Å²) >= 11 is 14.8. The normalized spacial score (nSPS) is 15.1. The lowest BCUT2D eigenvalue weighted by atomic mass is 9.87. The van der Waals surface area contributed by atoms with E-state index in [4.69, 9.17) is 28.2 Å². The largest absolute Gasteiger partial charge is 0.302 e. The predicted molar refractivity (Wildman–Crippen MR) is 132 cm³/mol. The standard InChI is InChI=1S/C23H20Cl2N4OS2/c1-13-2-5-19-15(8-13)9-16(11-26)22(27-19)31-7-6-21(30)29-23-28-20(12-32-23)14-3-4-17(24)18(25)10-14/h3-4,9-10,12-13H,2,5-8H2,1H3,(H,28,29,30). The Hall–Kier alpha value is -2.11. The van der Waals surface area contributed by atoms with Crippen LogP contribution in [-0.4, -0.2) is 21.6 Å². The van der Waals surface area contributed by atoms with Crippen LogP contribution in [0.3, 0.4) is 0 Å². The highest BCUT2D eigenvalue weighted by Gasteiger charge is 2.19. The van der Waals surface area contributed by atoms with Crippen molar-refractivity contribution in [3.05, 3.63) is 56.5 Å². The molecule has 32 heavy (non-hydrogen) atoms. The average Bonchev–Trinajstić information content (AvgIpc) is 3.23. The predicted octanol–water partition coefficient (Wildman–Crippen LogP) is 6.63. The van der Waals surface area contributed by atoms with Crippen LogP contribution in [0.2, 0.25) is 10.0 Å². The Morgan fingerprint density at radius 2 is 2.16 bits per heavy atom. The van der Waals surface area contributed by atoms with E-state index in [-0.39, 0.29) is 5.91 Å². The van der Waals surface area contributed by atoms with Crippen molar-refractivity contribution in [1.29, 1.82) is 5.26 Å². The molecular formula is C23H20Cl2N4OS2. The molecule has 0 saturated heterocycles. The van der Waals surface area contributed by atoms with E-state index in [9.17, 15) is 10.1 Å². The average molecular weight is 503 g/mol. The summed E-state index contributed by atoms with van der Waals surface area (Å²) < 4.78 is 0. The number of aromatic nitrogens is 2. The van der Waals surface area contributed by atoms with Crippen molar-refractivity contribution < 1.29 is 4.79 Å². The fourth-order valence-corrected chi connectivity index (χ4v) is 5.51. The molecule has 1 aliphatic carbocycles. The van der Waals surface area contributed by atoms with E-state index in [1.807, 2.05) is 17.5 Å². The SMILES string of the molecule is CC1CCc2nc(SCCC(=O)Nc3nc(-c4ccc(Cl)c(Cl)c4)cs3)c(C#N)cc2C1. The molecule has 3 aromatic rings. The Kier molecular flexibility index (Phi) is 7.37. The van der Waals surface area contributed by atoms with E-state index < -0.39 is 0 Å². The molecule has 2 aromatic heterocycles. The highest BCUT2D eigenvalue weighted by molar-refractivity contribution is 7.99. The second-order valence-corrected chi connectivity index (χ2v) is 10.5. The molecule has 0 bridgehead atoms. The second kappa shape index (κ2) is 10.2. The lowest BCUT2D eigenvalue weighted by molar-refractivity contribution is -0.115. The first kappa shape index (κ1) is 23.1. The number of amides is 1. The van der Waals surface area contributed by atoms with Gasteiger partial charge in [0.05, 0.1) is 21.3 Å². The van der Waals surface area contributed by atoms with E-state index >= 15 is 0 Å². The monoisotopic (exact) mass is 502 g/mol. The maximum absolute atomic E-state index is 12.4. The first-order valence-electron chi connectivity index (χ1n) is 10.2. The molecule has 4 rings (SSSR count). The van der Waals surface area contributed by atoms with Gasteiger partial charge >= 0.3 is 0 Å². The number of hydrogen-bond donors (Lipinski definition) is 1. The molecular weight excluding hydrogens is 483 g/mol. The summed E-state index contributed by atoms with van der Waals surface area (Å²) in [5.74, 6) is 1.03. The molecule has 1 N–H and O–H groups in total. The lowest BCUT2D eigenvalue weighted by Crippen LogP contribution is -2.14. The first-order valence-corrected chi connectivity index (χ1v) is 12.8. The van der Waals surface area contributed by atoms with Gasteiger partial charge in [0.25, 0.3) is 0 Å². The summed E-state index contributed by atoms with van der Waals surface area (Å²) in [5.41, 5.74) is 4.43. The Morgan fingerprint density at radius 1 is 1.31 bits per heavy atom. The van der Waals surface area contributed by atoms with Crippen molar-refractivity contribution >= 4 is 57.3 Å². The summed E-state index contributed by atoms with van der Waals surface area (Å²) in [6.45, 7) is 2.23. The number of nitrogens with zero attached hydrogens (tertiary/aromatic N) is 3. The zero-order chi connectivity index (χ0) is 22.7. The number of benzene rings is 1. The number of thiazole rings is 1. The number of aryl methyl sites for hydroxylation is 1. The lowest BCUT2D eigenvalue weighted by Gasteiger charge is -2.21. The summed E-state index contributed by atoms with van der Waals surface area (Å²) in [7, 11) is 0. The zero-order valence-electron chi connectivity index (χ0n) is 17.3. The smallest absolute Gasteiger partial charge is 0.226 e. The first-order chi connectivity index (χ1) is 15.4. The number of carbonyl (C=O) groups excluding carboxylic acids is 1. The fourth-order valence-electron chi connectivity index (χ4n) is 3.56. The molecule has 9 heteroatoms. The molecule has 0 aliphatic heterocycles. The van der Waals surface area contributed by atoms with Gasteiger partial charge in [-0.3, -0.25) is 4.79 Å². The van der Waals surface area contributed by atoms with Gasteiger partial charge in [-0.1, -0.05) is 36.2 Å². The minimum Gasteiger partial charge on any atom is -0.302 e. The van der Waals surface area contributed by atoms with Crippen molar-refractivity contribution in [2.24, 2.45) is 5.92 Å². The van der Waals surface area contributed by atoms with Crippen LogP contribution in [0.1, 0.15) is 36.6 Å². The third-order valence-electron chi connectivity index (χ3n) is 5.25. The molecule has 1 amide bonds. The van der Waals surface area contributed by atoms with Crippen LogP contribution < -0.4 is 5.32 Å². The topological polar surface area (TPSA) is 78.7 Å². The van der Waals surface area contributed by atoms with Crippen LogP contribution in [0.5, 0.6) is 0 Å². The molecule has 0 radical (unpaired) electrons. The van der Waals surface area contributed by atoms with Crippen molar-refractivity contribution in [2.45, 2.75) is 37.6 Å². The van der Waals surface area contributed by atoms with E-state index in [1.54, 1.807) is 12.1 Å². The van der Waals surface area contributed by atoms with Gasteiger partial charge in [0.15, 0.2) is 5.13 Å². The van der Waals surface area contributed by atoms with E-state index in [1.165, 1.54) is 28.7 Å². The molecule has 2 heterocycles. The van der Waals surface area contributed by atoms with Crippen LogP contribution in [0.15, 0.2) is 34.7 Å². The highest BCUT2D eigenvalue weighted by atomic mass is 35.5. The summed E-state index contributed by atoms with van der Waals surface area (Å²) in [4.78, 5) is 21.6. The third kappa shape index (κ3) is 5.44. The van der Waals surface area contributed by atoms with Crippen LogP contribution in [0.4, 0.5) is 5.13 Å². The molecule has 5 nitrogen and oxygen atoms in total. The number of halogens is 2. The van der Waals surface area contributed by atoms with Gasteiger partial charge in [0.2, 0.25) is 5.91 Å². The molecule has 1 aliphatic rings. The molecule has 1 unspecified atom stereocenters. The Morgan fingerprint density at radius 3 is 2.94 bits per heavy atom. The van der Waals surface area contributed by atoms with Gasteiger partial charge in [0.1, 0.15) is 11.1 Å². The minimum absolute atomic E-state index is 0.127. The number of fused-ring (bicyclic) bond motifs is 1. The fraction of sp³-hybridized carbons (Fsp3) is 0.304. The number of carbonyl (C=O) groups is 1. The third-order valence-corrected chi connectivity index (χ3v) is 7.74. The van der Waals surface area contributed by atoms with E-state index in [0.717, 1.165) is 36.2 Å². The maximum atomic E-state index is 12.4. The van der Waals surface area contributed by atoms with Gasteiger partial charge in [-0.05, 0) is 48.9 Å².